The van der Waals surface area contributed by atoms with E-state index in [1.807, 2.05) is 24.4 Å². The second-order valence-electron chi connectivity index (χ2n) is 4.56. The van der Waals surface area contributed by atoms with E-state index in [-0.39, 0.29) is 13.2 Å². The number of pyridine rings is 1. The number of para-hydroxylation sites is 1. The summed E-state index contributed by atoms with van der Waals surface area (Å²) in [4.78, 5) is 4.16. The molecular formula is C15H16N4O2. The Morgan fingerprint density at radius 1 is 1.19 bits per heavy atom. The van der Waals surface area contributed by atoms with Gasteiger partial charge in [0.1, 0.15) is 6.61 Å². The van der Waals surface area contributed by atoms with Crippen molar-refractivity contribution in [2.45, 2.75) is 6.54 Å². The largest absolute Gasteiger partial charge is 0.475 e. The lowest BCUT2D eigenvalue weighted by Gasteiger charge is -2.08. The number of rotatable bonds is 6. The van der Waals surface area contributed by atoms with Crippen LogP contribution in [0.5, 0.6) is 5.88 Å². The average Bonchev–Trinajstić information content (AvgIpc) is 3.01. The molecule has 0 aliphatic carbocycles. The summed E-state index contributed by atoms with van der Waals surface area (Å²) in [7, 11) is 0. The Labute approximate surface area is 121 Å². The van der Waals surface area contributed by atoms with Gasteiger partial charge in [-0.25, -0.2) is 4.98 Å². The summed E-state index contributed by atoms with van der Waals surface area (Å²) in [5.74, 6) is 0.505. The fourth-order valence-corrected chi connectivity index (χ4v) is 2.10. The van der Waals surface area contributed by atoms with Crippen LogP contribution in [0.4, 0.5) is 5.69 Å². The van der Waals surface area contributed by atoms with Crippen molar-refractivity contribution in [1.82, 2.24) is 15.2 Å². The van der Waals surface area contributed by atoms with Crippen LogP contribution in [0.2, 0.25) is 0 Å². The van der Waals surface area contributed by atoms with E-state index in [9.17, 15) is 0 Å². The molecule has 0 spiro atoms. The number of nitrogens with one attached hydrogen (secondary N) is 2. The fourth-order valence-electron chi connectivity index (χ4n) is 2.10. The van der Waals surface area contributed by atoms with Crippen LogP contribution in [-0.2, 0) is 6.54 Å². The van der Waals surface area contributed by atoms with Crippen molar-refractivity contribution in [2.24, 2.45) is 0 Å². The lowest BCUT2D eigenvalue weighted by Crippen LogP contribution is -2.04. The highest BCUT2D eigenvalue weighted by Crippen LogP contribution is 2.18. The van der Waals surface area contributed by atoms with Crippen molar-refractivity contribution in [3.05, 3.63) is 48.3 Å². The molecule has 21 heavy (non-hydrogen) atoms. The van der Waals surface area contributed by atoms with Crippen LogP contribution in [0, 0.1) is 0 Å². The number of aromatic amines is 1. The predicted octanol–water partition coefficient (Wildman–Crippen LogP) is 1.94. The van der Waals surface area contributed by atoms with Gasteiger partial charge in [-0.2, -0.15) is 5.10 Å². The predicted molar refractivity (Wildman–Crippen MR) is 80.2 cm³/mol. The average molecular weight is 284 g/mol. The van der Waals surface area contributed by atoms with E-state index >= 15 is 0 Å². The number of hydrogen-bond acceptors (Lipinski definition) is 5. The number of anilines is 1. The first kappa shape index (κ1) is 13.4. The highest BCUT2D eigenvalue weighted by atomic mass is 16.5. The molecular weight excluding hydrogens is 268 g/mol. The molecule has 0 aliphatic rings. The van der Waals surface area contributed by atoms with Crippen molar-refractivity contribution < 1.29 is 9.84 Å². The van der Waals surface area contributed by atoms with Crippen molar-refractivity contribution in [3.8, 4) is 5.88 Å². The molecule has 0 bridgehead atoms. The zero-order valence-electron chi connectivity index (χ0n) is 11.4. The SMILES string of the molecule is OCCOc1ccc(NCc2cccc3cn[nH]c23)cn1. The molecule has 3 aromatic rings. The first-order valence-corrected chi connectivity index (χ1v) is 6.71. The van der Waals surface area contributed by atoms with Gasteiger partial charge >= 0.3 is 0 Å². The molecule has 6 nitrogen and oxygen atoms in total. The number of ether oxygens (including phenoxy) is 1. The van der Waals surface area contributed by atoms with Gasteiger partial charge in [-0.3, -0.25) is 5.10 Å². The maximum absolute atomic E-state index is 8.69. The van der Waals surface area contributed by atoms with Crippen LogP contribution in [0.15, 0.2) is 42.7 Å². The third-order valence-corrected chi connectivity index (χ3v) is 3.12. The molecule has 1 aromatic carbocycles. The standard InChI is InChI=1S/C15H16N4O2/c20-6-7-21-14-5-4-13(10-17-14)16-8-11-2-1-3-12-9-18-19-15(11)12/h1-5,9-10,16,20H,6-8H2,(H,18,19). The maximum atomic E-state index is 8.69. The molecule has 2 heterocycles. The monoisotopic (exact) mass is 284 g/mol. The van der Waals surface area contributed by atoms with Crippen LogP contribution < -0.4 is 10.1 Å². The van der Waals surface area contributed by atoms with Gasteiger partial charge in [0, 0.05) is 18.0 Å². The van der Waals surface area contributed by atoms with Gasteiger partial charge in [0.15, 0.2) is 0 Å². The number of nitrogens with zero attached hydrogens (tertiary/aromatic N) is 2. The lowest BCUT2D eigenvalue weighted by atomic mass is 10.1. The lowest BCUT2D eigenvalue weighted by molar-refractivity contribution is 0.196. The quantitative estimate of drug-likeness (QED) is 0.644. The van der Waals surface area contributed by atoms with Crippen LogP contribution >= 0.6 is 0 Å². The second-order valence-corrected chi connectivity index (χ2v) is 4.56. The summed E-state index contributed by atoms with van der Waals surface area (Å²) in [5, 5.41) is 20.2. The number of hydrogen-bond donors (Lipinski definition) is 3. The number of fused-ring (bicyclic) bond motifs is 1. The molecule has 0 saturated heterocycles. The van der Waals surface area contributed by atoms with Crippen LogP contribution in [0.1, 0.15) is 5.56 Å². The van der Waals surface area contributed by atoms with Crippen LogP contribution in [0.3, 0.4) is 0 Å². The minimum Gasteiger partial charge on any atom is -0.475 e. The molecule has 0 fully saturated rings. The van der Waals surface area contributed by atoms with Gasteiger partial charge < -0.3 is 15.2 Å². The molecule has 0 radical (unpaired) electrons. The van der Waals surface area contributed by atoms with Crippen molar-refractivity contribution >= 4 is 16.6 Å². The molecule has 0 saturated carbocycles. The molecule has 3 rings (SSSR count). The van der Waals surface area contributed by atoms with Crippen LogP contribution in [0.25, 0.3) is 10.9 Å². The van der Waals surface area contributed by atoms with Gasteiger partial charge in [-0.05, 0) is 11.6 Å². The smallest absolute Gasteiger partial charge is 0.213 e. The van der Waals surface area contributed by atoms with Gasteiger partial charge in [-0.15, -0.1) is 0 Å². The molecule has 0 amide bonds. The van der Waals surface area contributed by atoms with Crippen molar-refractivity contribution in [3.63, 3.8) is 0 Å². The molecule has 3 N–H and O–H groups in total. The van der Waals surface area contributed by atoms with Crippen LogP contribution in [-0.4, -0.2) is 33.5 Å². The Hall–Kier alpha value is -2.60. The Bertz CT molecular complexity index is 709. The van der Waals surface area contributed by atoms with Gasteiger partial charge in [0.05, 0.1) is 30.2 Å². The Balaban J connectivity index is 1.66. The Morgan fingerprint density at radius 3 is 2.95 bits per heavy atom. The molecule has 0 atom stereocenters. The third-order valence-electron chi connectivity index (χ3n) is 3.12. The van der Waals surface area contributed by atoms with E-state index in [0.717, 1.165) is 22.2 Å². The van der Waals surface area contributed by atoms with E-state index in [1.54, 1.807) is 12.3 Å². The minimum atomic E-state index is -0.0180. The zero-order valence-corrected chi connectivity index (χ0v) is 11.4. The summed E-state index contributed by atoms with van der Waals surface area (Å²) in [6, 6.07) is 9.76. The van der Waals surface area contributed by atoms with Crippen molar-refractivity contribution in [2.75, 3.05) is 18.5 Å². The number of aliphatic hydroxyl groups is 1. The van der Waals surface area contributed by atoms with E-state index < -0.39 is 0 Å². The molecule has 0 aliphatic heterocycles. The first-order chi connectivity index (χ1) is 10.4. The van der Waals surface area contributed by atoms with Gasteiger partial charge in [-0.1, -0.05) is 18.2 Å². The summed E-state index contributed by atoms with van der Waals surface area (Å²) < 4.78 is 5.22. The second kappa shape index (κ2) is 6.23. The highest BCUT2D eigenvalue weighted by molar-refractivity contribution is 5.81. The van der Waals surface area contributed by atoms with E-state index in [4.69, 9.17) is 9.84 Å². The van der Waals surface area contributed by atoms with Gasteiger partial charge in [0.25, 0.3) is 0 Å². The summed E-state index contributed by atoms with van der Waals surface area (Å²) in [5.41, 5.74) is 3.09. The Kier molecular flexibility index (Phi) is 3.97. The fraction of sp³-hybridized carbons (Fsp3) is 0.200. The zero-order chi connectivity index (χ0) is 14.5. The third kappa shape index (κ3) is 3.11. The topological polar surface area (TPSA) is 83.1 Å². The molecule has 0 unspecified atom stereocenters. The van der Waals surface area contributed by atoms with Crippen molar-refractivity contribution in [1.29, 1.82) is 0 Å². The maximum Gasteiger partial charge on any atom is 0.213 e. The number of benzene rings is 1. The van der Waals surface area contributed by atoms with E-state index in [1.165, 1.54) is 0 Å². The molecule has 6 heteroatoms. The minimum absolute atomic E-state index is 0.0180. The molecule has 108 valence electrons. The Morgan fingerprint density at radius 2 is 2.14 bits per heavy atom. The first-order valence-electron chi connectivity index (χ1n) is 6.71. The normalized spacial score (nSPS) is 10.7. The van der Waals surface area contributed by atoms with E-state index in [2.05, 4.69) is 26.6 Å². The summed E-state index contributed by atoms with van der Waals surface area (Å²) in [6.07, 6.45) is 3.52. The number of aromatic nitrogens is 3. The van der Waals surface area contributed by atoms with Gasteiger partial charge in [0.2, 0.25) is 5.88 Å². The molecule has 2 aromatic heterocycles. The number of H-pyrrole nitrogens is 1. The summed E-state index contributed by atoms with van der Waals surface area (Å²) >= 11 is 0. The number of aliphatic hydroxyl groups excluding tert-OH is 1. The highest BCUT2D eigenvalue weighted by Gasteiger charge is 2.03. The summed E-state index contributed by atoms with van der Waals surface area (Å²) in [6.45, 7) is 0.912. The van der Waals surface area contributed by atoms with E-state index in [0.29, 0.717) is 12.4 Å².